The Morgan fingerprint density at radius 1 is 1.10 bits per heavy atom. The van der Waals surface area contributed by atoms with Gasteiger partial charge in [0.05, 0.1) is 4.90 Å². The number of hydrogen-bond donors (Lipinski definition) is 0. The fourth-order valence-corrected chi connectivity index (χ4v) is 5.99. The third-order valence-corrected chi connectivity index (χ3v) is 7.01. The predicted octanol–water partition coefficient (Wildman–Crippen LogP) is 3.79. The van der Waals surface area contributed by atoms with E-state index in [1.54, 1.807) is 22.5 Å². The van der Waals surface area contributed by atoms with Crippen LogP contribution in [0.1, 0.15) is 38.5 Å². The zero-order valence-corrected chi connectivity index (χ0v) is 13.9. The molecule has 0 unspecified atom stereocenters. The second kappa shape index (κ2) is 5.78. The van der Waals surface area contributed by atoms with E-state index in [1.165, 1.54) is 19.3 Å². The van der Waals surface area contributed by atoms with E-state index in [2.05, 4.69) is 15.9 Å². The van der Waals surface area contributed by atoms with Gasteiger partial charge in [-0.25, -0.2) is 8.42 Å². The van der Waals surface area contributed by atoms with Crippen molar-refractivity contribution in [2.24, 2.45) is 5.92 Å². The summed E-state index contributed by atoms with van der Waals surface area (Å²) in [5.74, 6) is 0.569. The van der Waals surface area contributed by atoms with Crippen LogP contribution >= 0.6 is 15.9 Å². The number of piperidine rings is 1. The molecule has 20 heavy (non-hydrogen) atoms. The molecule has 3 rings (SSSR count). The summed E-state index contributed by atoms with van der Waals surface area (Å²) in [5.41, 5.74) is 0. The molecule has 3 nitrogen and oxygen atoms in total. The molecule has 1 saturated heterocycles. The zero-order chi connectivity index (χ0) is 14.2. The summed E-state index contributed by atoms with van der Waals surface area (Å²) in [6, 6.07) is 7.29. The lowest BCUT2D eigenvalue weighted by molar-refractivity contribution is 0.129. The van der Waals surface area contributed by atoms with Gasteiger partial charge >= 0.3 is 0 Å². The van der Waals surface area contributed by atoms with Crippen molar-refractivity contribution in [3.05, 3.63) is 28.7 Å². The number of rotatable bonds is 2. The van der Waals surface area contributed by atoms with E-state index in [-0.39, 0.29) is 6.04 Å². The lowest BCUT2D eigenvalue weighted by Crippen LogP contribution is -2.49. The molecule has 2 fully saturated rings. The quantitative estimate of drug-likeness (QED) is 0.807. The van der Waals surface area contributed by atoms with Crippen LogP contribution in [0.2, 0.25) is 0 Å². The monoisotopic (exact) mass is 357 g/mol. The maximum Gasteiger partial charge on any atom is 0.243 e. The Bertz CT molecular complexity index is 585. The first kappa shape index (κ1) is 14.5. The van der Waals surface area contributed by atoms with Crippen molar-refractivity contribution in [2.45, 2.75) is 49.5 Å². The molecule has 0 amide bonds. The van der Waals surface area contributed by atoms with Gasteiger partial charge in [0.25, 0.3) is 0 Å². The average molecular weight is 358 g/mol. The van der Waals surface area contributed by atoms with E-state index in [1.807, 2.05) is 6.07 Å². The number of hydrogen-bond acceptors (Lipinski definition) is 2. The molecule has 5 heteroatoms. The summed E-state index contributed by atoms with van der Waals surface area (Å²) in [6.07, 6.45) is 6.81. The van der Waals surface area contributed by atoms with Crippen molar-refractivity contribution in [3.8, 4) is 0 Å². The second-order valence-electron chi connectivity index (χ2n) is 5.83. The molecule has 2 atom stereocenters. The van der Waals surface area contributed by atoms with Crippen molar-refractivity contribution < 1.29 is 8.42 Å². The van der Waals surface area contributed by atoms with Crippen LogP contribution in [0.25, 0.3) is 0 Å². The molecule has 0 spiro atoms. The van der Waals surface area contributed by atoms with E-state index in [0.29, 0.717) is 17.4 Å². The van der Waals surface area contributed by atoms with Crippen molar-refractivity contribution in [1.82, 2.24) is 4.31 Å². The standard InChI is InChI=1S/C15H20BrNO2S/c16-13-7-3-8-14(11-13)20(18,19)17-10-4-6-12-5-1-2-9-15(12)17/h3,7-8,11-12,15H,1-2,4-6,9-10H2/t12-,15-/m1/s1. The predicted molar refractivity (Wildman–Crippen MR) is 83.0 cm³/mol. The van der Waals surface area contributed by atoms with Crippen LogP contribution in [0.15, 0.2) is 33.6 Å². The number of nitrogens with zero attached hydrogens (tertiary/aromatic N) is 1. The summed E-state index contributed by atoms with van der Waals surface area (Å²) >= 11 is 3.36. The average Bonchev–Trinajstić information content (AvgIpc) is 2.46. The van der Waals surface area contributed by atoms with E-state index in [4.69, 9.17) is 0 Å². The largest absolute Gasteiger partial charge is 0.243 e. The molecule has 0 radical (unpaired) electrons. The highest BCUT2D eigenvalue weighted by molar-refractivity contribution is 9.10. The van der Waals surface area contributed by atoms with E-state index >= 15 is 0 Å². The fraction of sp³-hybridized carbons (Fsp3) is 0.600. The highest BCUT2D eigenvalue weighted by atomic mass is 79.9. The highest BCUT2D eigenvalue weighted by Gasteiger charge is 2.39. The minimum Gasteiger partial charge on any atom is -0.207 e. The maximum atomic E-state index is 12.9. The van der Waals surface area contributed by atoms with Gasteiger partial charge in [-0.1, -0.05) is 34.8 Å². The first-order valence-corrected chi connectivity index (χ1v) is 9.60. The Labute approximate surface area is 129 Å². The van der Waals surface area contributed by atoms with Crippen LogP contribution in [0.3, 0.4) is 0 Å². The zero-order valence-electron chi connectivity index (χ0n) is 11.5. The van der Waals surface area contributed by atoms with Gasteiger partial charge in [-0.3, -0.25) is 0 Å². The van der Waals surface area contributed by atoms with Crippen molar-refractivity contribution in [2.75, 3.05) is 6.54 Å². The van der Waals surface area contributed by atoms with Crippen LogP contribution in [0.5, 0.6) is 0 Å². The number of benzene rings is 1. The molecule has 0 N–H and O–H groups in total. The van der Waals surface area contributed by atoms with Crippen LogP contribution in [-0.2, 0) is 10.0 Å². The van der Waals surface area contributed by atoms with Crippen molar-refractivity contribution >= 4 is 26.0 Å². The highest BCUT2D eigenvalue weighted by Crippen LogP contribution is 2.38. The SMILES string of the molecule is O=S(=O)(c1cccc(Br)c1)N1CCC[C@H]2CCCC[C@H]21. The van der Waals surface area contributed by atoms with E-state index in [9.17, 15) is 8.42 Å². The van der Waals surface area contributed by atoms with Gasteiger partial charge in [0.15, 0.2) is 0 Å². The Hall–Kier alpha value is -0.390. The topological polar surface area (TPSA) is 37.4 Å². The van der Waals surface area contributed by atoms with Gasteiger partial charge in [0, 0.05) is 17.1 Å². The first-order chi connectivity index (χ1) is 9.59. The second-order valence-corrected chi connectivity index (χ2v) is 8.63. The number of halogens is 1. The molecule has 1 heterocycles. The Balaban J connectivity index is 1.93. The number of sulfonamides is 1. The minimum absolute atomic E-state index is 0.224. The van der Waals surface area contributed by atoms with Gasteiger partial charge in [0.2, 0.25) is 10.0 Å². The van der Waals surface area contributed by atoms with Crippen LogP contribution in [0, 0.1) is 5.92 Å². The minimum atomic E-state index is -3.35. The summed E-state index contributed by atoms with van der Waals surface area (Å²) in [7, 11) is -3.35. The summed E-state index contributed by atoms with van der Waals surface area (Å²) < 4.78 is 28.4. The molecule has 1 aromatic rings. The molecule has 2 aliphatic rings. The van der Waals surface area contributed by atoms with Crippen LogP contribution in [0.4, 0.5) is 0 Å². The summed E-state index contributed by atoms with van der Waals surface area (Å²) in [6.45, 7) is 0.677. The van der Waals surface area contributed by atoms with Crippen molar-refractivity contribution in [1.29, 1.82) is 0 Å². The van der Waals surface area contributed by atoms with E-state index in [0.717, 1.165) is 23.7 Å². The summed E-state index contributed by atoms with van der Waals surface area (Å²) in [5, 5.41) is 0. The molecule has 0 bridgehead atoms. The molecule has 1 aromatic carbocycles. The molecule has 1 aliphatic heterocycles. The first-order valence-electron chi connectivity index (χ1n) is 7.36. The van der Waals surface area contributed by atoms with E-state index < -0.39 is 10.0 Å². The molecule has 1 aliphatic carbocycles. The Kier molecular flexibility index (Phi) is 4.20. The third kappa shape index (κ3) is 2.68. The fourth-order valence-electron chi connectivity index (χ4n) is 3.64. The molecular formula is C15H20BrNO2S. The van der Waals surface area contributed by atoms with Crippen LogP contribution in [-0.4, -0.2) is 25.3 Å². The number of fused-ring (bicyclic) bond motifs is 1. The van der Waals surface area contributed by atoms with Gasteiger partial charge in [-0.05, 0) is 49.8 Å². The molecular weight excluding hydrogens is 338 g/mol. The third-order valence-electron chi connectivity index (χ3n) is 4.59. The Morgan fingerprint density at radius 3 is 2.65 bits per heavy atom. The molecule has 1 saturated carbocycles. The normalized spacial score (nSPS) is 28.1. The lowest BCUT2D eigenvalue weighted by atomic mass is 9.79. The lowest BCUT2D eigenvalue weighted by Gasteiger charge is -2.43. The van der Waals surface area contributed by atoms with Gasteiger partial charge < -0.3 is 0 Å². The van der Waals surface area contributed by atoms with Crippen LogP contribution < -0.4 is 0 Å². The molecule has 0 aromatic heterocycles. The smallest absolute Gasteiger partial charge is 0.207 e. The Morgan fingerprint density at radius 2 is 1.85 bits per heavy atom. The van der Waals surface area contributed by atoms with Crippen molar-refractivity contribution in [3.63, 3.8) is 0 Å². The maximum absolute atomic E-state index is 12.9. The van der Waals surface area contributed by atoms with Gasteiger partial charge in [0.1, 0.15) is 0 Å². The summed E-state index contributed by atoms with van der Waals surface area (Å²) in [4.78, 5) is 0.415. The van der Waals surface area contributed by atoms with Gasteiger partial charge in [-0.15, -0.1) is 0 Å². The molecule has 110 valence electrons. The van der Waals surface area contributed by atoms with Gasteiger partial charge in [-0.2, -0.15) is 4.31 Å².